The van der Waals surface area contributed by atoms with Crippen molar-refractivity contribution in [3.63, 3.8) is 0 Å². The first kappa shape index (κ1) is 14.4. The van der Waals surface area contributed by atoms with Gasteiger partial charge in [-0.05, 0) is 42.7 Å². The monoisotopic (exact) mass is 273 g/mol. The van der Waals surface area contributed by atoms with Crippen LogP contribution in [0.4, 0.5) is 10.1 Å². The number of hydrogen-bond acceptors (Lipinski definition) is 2. The van der Waals surface area contributed by atoms with E-state index in [0.717, 1.165) is 18.6 Å². The summed E-state index contributed by atoms with van der Waals surface area (Å²) in [6.07, 6.45) is 1.86. The van der Waals surface area contributed by atoms with Gasteiger partial charge in [0.1, 0.15) is 11.6 Å². The topological polar surface area (TPSA) is 21.3 Å². The summed E-state index contributed by atoms with van der Waals surface area (Å²) in [5, 5.41) is 3.06. The van der Waals surface area contributed by atoms with Gasteiger partial charge in [-0.15, -0.1) is 0 Å². The minimum atomic E-state index is -0.219. The third-order valence-electron chi connectivity index (χ3n) is 3.11. The Morgan fingerprint density at radius 3 is 2.50 bits per heavy atom. The van der Waals surface area contributed by atoms with E-state index in [-0.39, 0.29) is 5.82 Å². The van der Waals surface area contributed by atoms with Gasteiger partial charge < -0.3 is 10.1 Å². The molecule has 20 heavy (non-hydrogen) atoms. The molecule has 2 rings (SSSR count). The molecule has 106 valence electrons. The van der Waals surface area contributed by atoms with Gasteiger partial charge in [-0.1, -0.05) is 31.2 Å². The molecule has 1 N–H and O–H groups in total. The molecule has 0 heterocycles. The molecule has 0 fully saturated rings. The molecule has 2 aromatic rings. The Kier molecular flexibility index (Phi) is 5.42. The first-order valence-electron chi connectivity index (χ1n) is 6.99. The maximum atomic E-state index is 13.3. The van der Waals surface area contributed by atoms with Gasteiger partial charge in [0, 0.05) is 6.54 Å². The van der Waals surface area contributed by atoms with Gasteiger partial charge in [0.15, 0.2) is 0 Å². The van der Waals surface area contributed by atoms with E-state index in [2.05, 4.69) is 24.4 Å². The normalized spacial score (nSPS) is 10.3. The molecule has 0 spiro atoms. The second-order valence-corrected chi connectivity index (χ2v) is 4.61. The SMILES string of the molecule is CCc1ccc(OCCCNc2ccccc2F)cc1. The number of para-hydroxylation sites is 1. The smallest absolute Gasteiger partial charge is 0.146 e. The minimum Gasteiger partial charge on any atom is -0.494 e. The van der Waals surface area contributed by atoms with Gasteiger partial charge in [0.2, 0.25) is 0 Å². The molecule has 0 aliphatic carbocycles. The highest BCUT2D eigenvalue weighted by Crippen LogP contribution is 2.14. The van der Waals surface area contributed by atoms with Gasteiger partial charge >= 0.3 is 0 Å². The third-order valence-corrected chi connectivity index (χ3v) is 3.11. The van der Waals surface area contributed by atoms with Crippen molar-refractivity contribution in [2.75, 3.05) is 18.5 Å². The van der Waals surface area contributed by atoms with Crippen molar-refractivity contribution in [2.45, 2.75) is 19.8 Å². The van der Waals surface area contributed by atoms with Crippen LogP contribution < -0.4 is 10.1 Å². The fourth-order valence-electron chi connectivity index (χ4n) is 1.91. The molecule has 0 amide bonds. The zero-order valence-corrected chi connectivity index (χ0v) is 11.7. The number of aryl methyl sites for hydroxylation is 1. The van der Waals surface area contributed by atoms with E-state index in [9.17, 15) is 4.39 Å². The molecular formula is C17H20FNO. The predicted molar refractivity (Wildman–Crippen MR) is 80.8 cm³/mol. The van der Waals surface area contributed by atoms with Crippen molar-refractivity contribution in [1.82, 2.24) is 0 Å². The Balaban J connectivity index is 1.67. The quantitative estimate of drug-likeness (QED) is 0.761. The van der Waals surface area contributed by atoms with E-state index in [1.807, 2.05) is 18.2 Å². The summed E-state index contributed by atoms with van der Waals surface area (Å²) in [6, 6.07) is 14.8. The van der Waals surface area contributed by atoms with Crippen molar-refractivity contribution in [2.24, 2.45) is 0 Å². The maximum Gasteiger partial charge on any atom is 0.146 e. The second kappa shape index (κ2) is 7.53. The minimum absolute atomic E-state index is 0.219. The molecule has 0 bridgehead atoms. The number of hydrogen-bond donors (Lipinski definition) is 1. The van der Waals surface area contributed by atoms with Crippen LogP contribution in [0.15, 0.2) is 48.5 Å². The Morgan fingerprint density at radius 2 is 1.80 bits per heavy atom. The Morgan fingerprint density at radius 1 is 1.05 bits per heavy atom. The fourth-order valence-corrected chi connectivity index (χ4v) is 1.91. The zero-order valence-electron chi connectivity index (χ0n) is 11.7. The highest BCUT2D eigenvalue weighted by Gasteiger charge is 1.99. The molecule has 2 nitrogen and oxygen atoms in total. The standard InChI is InChI=1S/C17H20FNO/c1-2-14-8-10-15(11-9-14)20-13-5-12-19-17-7-4-3-6-16(17)18/h3-4,6-11,19H,2,5,12-13H2,1H3. The van der Waals surface area contributed by atoms with Crippen LogP contribution in [-0.4, -0.2) is 13.2 Å². The summed E-state index contributed by atoms with van der Waals surface area (Å²) in [4.78, 5) is 0. The van der Waals surface area contributed by atoms with Crippen LogP contribution in [0.1, 0.15) is 18.9 Å². The molecule has 0 aliphatic rings. The lowest BCUT2D eigenvalue weighted by Gasteiger charge is -2.09. The van der Waals surface area contributed by atoms with E-state index >= 15 is 0 Å². The Bertz CT molecular complexity index is 525. The van der Waals surface area contributed by atoms with Crippen LogP contribution in [0, 0.1) is 5.82 Å². The van der Waals surface area contributed by atoms with Gasteiger partial charge in [-0.25, -0.2) is 4.39 Å². The first-order chi connectivity index (χ1) is 9.79. The van der Waals surface area contributed by atoms with E-state index in [1.54, 1.807) is 12.1 Å². The summed E-state index contributed by atoms with van der Waals surface area (Å²) in [6.45, 7) is 3.44. The maximum absolute atomic E-state index is 13.3. The second-order valence-electron chi connectivity index (χ2n) is 4.61. The summed E-state index contributed by atoms with van der Waals surface area (Å²) < 4.78 is 19.0. The van der Waals surface area contributed by atoms with E-state index < -0.39 is 0 Å². The summed E-state index contributed by atoms with van der Waals surface area (Å²) in [5.74, 6) is 0.664. The van der Waals surface area contributed by atoms with Crippen molar-refractivity contribution in [3.8, 4) is 5.75 Å². The van der Waals surface area contributed by atoms with Gasteiger partial charge in [0.05, 0.1) is 12.3 Å². The average Bonchev–Trinajstić information content (AvgIpc) is 2.49. The molecule has 0 saturated heterocycles. The van der Waals surface area contributed by atoms with E-state index in [4.69, 9.17) is 4.74 Å². The fraction of sp³-hybridized carbons (Fsp3) is 0.294. The van der Waals surface area contributed by atoms with E-state index in [1.165, 1.54) is 11.6 Å². The lowest BCUT2D eigenvalue weighted by molar-refractivity contribution is 0.315. The molecular weight excluding hydrogens is 253 g/mol. The number of halogens is 1. The molecule has 2 aromatic carbocycles. The molecule has 0 aromatic heterocycles. The van der Waals surface area contributed by atoms with Gasteiger partial charge in [-0.3, -0.25) is 0 Å². The van der Waals surface area contributed by atoms with Crippen LogP contribution in [0.3, 0.4) is 0 Å². The van der Waals surface area contributed by atoms with Crippen LogP contribution in [0.2, 0.25) is 0 Å². The summed E-state index contributed by atoms with van der Waals surface area (Å²) in [5.41, 5.74) is 1.85. The average molecular weight is 273 g/mol. The summed E-state index contributed by atoms with van der Waals surface area (Å²) >= 11 is 0. The highest BCUT2D eigenvalue weighted by molar-refractivity contribution is 5.44. The van der Waals surface area contributed by atoms with Gasteiger partial charge in [0.25, 0.3) is 0 Å². The largest absolute Gasteiger partial charge is 0.494 e. The number of nitrogens with one attached hydrogen (secondary N) is 1. The lowest BCUT2D eigenvalue weighted by atomic mass is 10.2. The molecule has 0 unspecified atom stereocenters. The van der Waals surface area contributed by atoms with Crippen molar-refractivity contribution in [1.29, 1.82) is 0 Å². The predicted octanol–water partition coefficient (Wildman–Crippen LogP) is 4.27. The van der Waals surface area contributed by atoms with Crippen LogP contribution in [0.5, 0.6) is 5.75 Å². The Hall–Kier alpha value is -2.03. The van der Waals surface area contributed by atoms with Crippen LogP contribution in [-0.2, 0) is 6.42 Å². The molecule has 0 aliphatic heterocycles. The number of ether oxygens (including phenoxy) is 1. The number of benzene rings is 2. The molecule has 0 atom stereocenters. The van der Waals surface area contributed by atoms with Crippen LogP contribution >= 0.6 is 0 Å². The van der Waals surface area contributed by atoms with Crippen LogP contribution in [0.25, 0.3) is 0 Å². The molecule has 0 saturated carbocycles. The summed E-state index contributed by atoms with van der Waals surface area (Å²) in [7, 11) is 0. The van der Waals surface area contributed by atoms with E-state index in [0.29, 0.717) is 18.8 Å². The lowest BCUT2D eigenvalue weighted by Crippen LogP contribution is -2.08. The number of rotatable bonds is 7. The molecule has 0 radical (unpaired) electrons. The molecule has 3 heteroatoms. The van der Waals surface area contributed by atoms with Crippen molar-refractivity contribution in [3.05, 3.63) is 59.9 Å². The number of anilines is 1. The third kappa shape index (κ3) is 4.26. The Labute approximate surface area is 119 Å². The zero-order chi connectivity index (χ0) is 14.2. The highest BCUT2D eigenvalue weighted by atomic mass is 19.1. The van der Waals surface area contributed by atoms with Crippen molar-refractivity contribution >= 4 is 5.69 Å². The van der Waals surface area contributed by atoms with Crippen molar-refractivity contribution < 1.29 is 9.13 Å². The first-order valence-corrected chi connectivity index (χ1v) is 6.99. The van der Waals surface area contributed by atoms with Gasteiger partial charge in [-0.2, -0.15) is 0 Å².